The number of benzene rings is 2. The number of nitrogens with one attached hydrogen (secondary N) is 1. The van der Waals surface area contributed by atoms with Gasteiger partial charge >= 0.3 is 0 Å². The molecule has 0 amide bonds. The maximum absolute atomic E-state index is 13.9. The summed E-state index contributed by atoms with van der Waals surface area (Å²) in [4.78, 5) is 0. The smallest absolute Gasteiger partial charge is 0.168 e. The van der Waals surface area contributed by atoms with Crippen LogP contribution in [-0.2, 0) is 0 Å². The van der Waals surface area contributed by atoms with Crippen molar-refractivity contribution in [1.29, 1.82) is 0 Å². The van der Waals surface area contributed by atoms with Gasteiger partial charge in [0.2, 0.25) is 0 Å². The topological polar surface area (TPSA) is 21.3 Å². The number of halogens is 2. The highest BCUT2D eigenvalue weighted by Crippen LogP contribution is 2.33. The van der Waals surface area contributed by atoms with Gasteiger partial charge < -0.3 is 10.1 Å². The second-order valence-corrected chi connectivity index (χ2v) is 5.54. The van der Waals surface area contributed by atoms with Crippen molar-refractivity contribution in [3.63, 3.8) is 0 Å². The first-order chi connectivity index (χ1) is 9.52. The number of hydrogen-bond acceptors (Lipinski definition) is 2. The van der Waals surface area contributed by atoms with Gasteiger partial charge in [-0.2, -0.15) is 0 Å². The molecule has 1 atom stereocenters. The van der Waals surface area contributed by atoms with Crippen molar-refractivity contribution in [3.05, 3.63) is 57.8 Å². The Hall–Kier alpha value is -1.39. The molecule has 106 valence electrons. The van der Waals surface area contributed by atoms with Gasteiger partial charge in [-0.05, 0) is 66.2 Å². The molecule has 1 N–H and O–H groups in total. The highest BCUT2D eigenvalue weighted by Gasteiger charge is 2.11. The molecule has 0 aliphatic rings. The molecule has 0 saturated carbocycles. The molecular formula is C16H17BrFNO. The van der Waals surface area contributed by atoms with Gasteiger partial charge in [0, 0.05) is 6.04 Å². The second kappa shape index (κ2) is 6.37. The number of aryl methyl sites for hydroxylation is 1. The predicted octanol–water partition coefficient (Wildman–Crippen LogP) is 4.97. The first kappa shape index (κ1) is 15.0. The molecule has 0 spiro atoms. The molecule has 0 heterocycles. The van der Waals surface area contributed by atoms with Gasteiger partial charge in [-0.15, -0.1) is 0 Å². The molecule has 0 aliphatic carbocycles. The van der Waals surface area contributed by atoms with E-state index in [-0.39, 0.29) is 17.6 Å². The molecule has 2 aromatic carbocycles. The van der Waals surface area contributed by atoms with Crippen LogP contribution in [0.15, 0.2) is 40.9 Å². The number of ether oxygens (including phenoxy) is 1. The Kier molecular flexibility index (Phi) is 4.78. The normalized spacial score (nSPS) is 12.2. The molecule has 0 bridgehead atoms. The van der Waals surface area contributed by atoms with Crippen molar-refractivity contribution in [2.75, 3.05) is 7.05 Å². The molecule has 2 rings (SSSR count). The minimum absolute atomic E-state index is 0.236. The van der Waals surface area contributed by atoms with Crippen molar-refractivity contribution in [1.82, 2.24) is 5.32 Å². The van der Waals surface area contributed by atoms with E-state index in [9.17, 15) is 4.39 Å². The number of rotatable bonds is 4. The quantitative estimate of drug-likeness (QED) is 0.850. The lowest BCUT2D eigenvalue weighted by Crippen LogP contribution is -2.12. The highest BCUT2D eigenvalue weighted by atomic mass is 79.9. The second-order valence-electron chi connectivity index (χ2n) is 4.69. The van der Waals surface area contributed by atoms with Crippen LogP contribution in [0.25, 0.3) is 0 Å². The maximum Gasteiger partial charge on any atom is 0.168 e. The monoisotopic (exact) mass is 337 g/mol. The summed E-state index contributed by atoms with van der Waals surface area (Å²) >= 11 is 3.47. The largest absolute Gasteiger partial charge is 0.453 e. The van der Waals surface area contributed by atoms with E-state index in [4.69, 9.17) is 4.74 Å². The minimum atomic E-state index is -0.327. The molecular weight excluding hydrogens is 321 g/mol. The molecule has 2 aromatic rings. The van der Waals surface area contributed by atoms with Crippen LogP contribution in [0, 0.1) is 12.7 Å². The van der Waals surface area contributed by atoms with E-state index in [2.05, 4.69) is 28.2 Å². The van der Waals surface area contributed by atoms with Crippen LogP contribution >= 0.6 is 15.9 Å². The van der Waals surface area contributed by atoms with Crippen molar-refractivity contribution in [3.8, 4) is 11.5 Å². The van der Waals surface area contributed by atoms with Gasteiger partial charge in [-0.25, -0.2) is 4.39 Å². The third-order valence-electron chi connectivity index (χ3n) is 3.27. The van der Waals surface area contributed by atoms with Gasteiger partial charge in [-0.1, -0.05) is 18.2 Å². The standard InChI is InChI=1S/C16H17BrFNO/c1-10-5-4-6-15(16(10)18)20-14-8-7-12(9-13(14)17)11(2)19-3/h4-9,11,19H,1-3H3. The lowest BCUT2D eigenvalue weighted by atomic mass is 10.1. The van der Waals surface area contributed by atoms with Crippen molar-refractivity contribution in [2.24, 2.45) is 0 Å². The van der Waals surface area contributed by atoms with Crippen molar-refractivity contribution in [2.45, 2.75) is 19.9 Å². The molecule has 0 aromatic heterocycles. The summed E-state index contributed by atoms with van der Waals surface area (Å²) in [6.07, 6.45) is 0. The average Bonchev–Trinajstić information content (AvgIpc) is 2.45. The van der Waals surface area contributed by atoms with Crippen LogP contribution in [0.1, 0.15) is 24.1 Å². The first-order valence-electron chi connectivity index (χ1n) is 6.42. The SMILES string of the molecule is CNC(C)c1ccc(Oc2cccc(C)c2F)c(Br)c1. The van der Waals surface area contributed by atoms with Crippen LogP contribution < -0.4 is 10.1 Å². The van der Waals surface area contributed by atoms with Crippen LogP contribution in [0.5, 0.6) is 11.5 Å². The van der Waals surface area contributed by atoms with Crippen LogP contribution in [0.3, 0.4) is 0 Å². The summed E-state index contributed by atoms with van der Waals surface area (Å²) < 4.78 is 20.4. The van der Waals surface area contributed by atoms with Crippen molar-refractivity contribution >= 4 is 15.9 Å². The summed E-state index contributed by atoms with van der Waals surface area (Å²) in [6.45, 7) is 3.79. The zero-order valence-corrected chi connectivity index (χ0v) is 13.3. The fourth-order valence-electron chi connectivity index (χ4n) is 1.85. The van der Waals surface area contributed by atoms with E-state index in [1.165, 1.54) is 0 Å². The fraction of sp³-hybridized carbons (Fsp3) is 0.250. The Morgan fingerprint density at radius 2 is 1.95 bits per heavy atom. The predicted molar refractivity (Wildman–Crippen MR) is 82.8 cm³/mol. The lowest BCUT2D eigenvalue weighted by Gasteiger charge is -2.14. The fourth-order valence-corrected chi connectivity index (χ4v) is 2.33. The highest BCUT2D eigenvalue weighted by molar-refractivity contribution is 9.10. The Bertz CT molecular complexity index is 615. The molecule has 0 fully saturated rings. The Morgan fingerprint density at radius 3 is 2.60 bits per heavy atom. The average molecular weight is 338 g/mol. The van der Waals surface area contributed by atoms with Gasteiger partial charge in [0.15, 0.2) is 11.6 Å². The number of hydrogen-bond donors (Lipinski definition) is 1. The van der Waals surface area contributed by atoms with Crippen LogP contribution in [0.2, 0.25) is 0 Å². The Morgan fingerprint density at radius 1 is 1.20 bits per heavy atom. The van der Waals surface area contributed by atoms with Gasteiger partial charge in [-0.3, -0.25) is 0 Å². The summed E-state index contributed by atoms with van der Waals surface area (Å²) in [5.74, 6) is 0.508. The molecule has 20 heavy (non-hydrogen) atoms. The maximum atomic E-state index is 13.9. The van der Waals surface area contributed by atoms with Crippen LogP contribution in [-0.4, -0.2) is 7.05 Å². The zero-order valence-electron chi connectivity index (χ0n) is 11.7. The van der Waals surface area contributed by atoms with E-state index >= 15 is 0 Å². The van der Waals surface area contributed by atoms with E-state index in [1.807, 2.05) is 25.2 Å². The van der Waals surface area contributed by atoms with Crippen LogP contribution in [0.4, 0.5) is 4.39 Å². The lowest BCUT2D eigenvalue weighted by molar-refractivity contribution is 0.437. The molecule has 0 saturated heterocycles. The van der Waals surface area contributed by atoms with Crippen molar-refractivity contribution < 1.29 is 9.13 Å². The van der Waals surface area contributed by atoms with Gasteiger partial charge in [0.1, 0.15) is 5.75 Å². The molecule has 4 heteroatoms. The zero-order chi connectivity index (χ0) is 14.7. The van der Waals surface area contributed by atoms with Gasteiger partial charge in [0.25, 0.3) is 0 Å². The first-order valence-corrected chi connectivity index (χ1v) is 7.22. The third kappa shape index (κ3) is 3.19. The van der Waals surface area contributed by atoms with E-state index < -0.39 is 0 Å². The van der Waals surface area contributed by atoms with Gasteiger partial charge in [0.05, 0.1) is 4.47 Å². The minimum Gasteiger partial charge on any atom is -0.453 e. The molecule has 0 aliphatic heterocycles. The Balaban J connectivity index is 2.28. The summed E-state index contributed by atoms with van der Waals surface area (Å²) in [6, 6.07) is 11.2. The summed E-state index contributed by atoms with van der Waals surface area (Å²) in [5, 5.41) is 3.17. The summed E-state index contributed by atoms with van der Waals surface area (Å²) in [5.41, 5.74) is 1.70. The molecule has 2 nitrogen and oxygen atoms in total. The van der Waals surface area contributed by atoms with E-state index in [0.29, 0.717) is 11.3 Å². The molecule has 0 radical (unpaired) electrons. The summed E-state index contributed by atoms with van der Waals surface area (Å²) in [7, 11) is 1.91. The van der Waals surface area contributed by atoms with E-state index in [1.54, 1.807) is 25.1 Å². The third-order valence-corrected chi connectivity index (χ3v) is 3.88. The Labute approximate surface area is 127 Å². The van der Waals surface area contributed by atoms with E-state index in [0.717, 1.165) is 10.0 Å². The molecule has 1 unspecified atom stereocenters.